The molecule has 1 N–H and O–H groups in total. The minimum atomic E-state index is 0.150. The quantitative estimate of drug-likeness (QED) is 0.433. The topological polar surface area (TPSA) is 37.3 Å². The van der Waals surface area contributed by atoms with Crippen molar-refractivity contribution in [3.63, 3.8) is 0 Å². The second-order valence-electron chi connectivity index (χ2n) is 2.85. The largest absolute Gasteiger partial charge is 0.386 e. The Hall–Kier alpha value is 1.38. The van der Waals surface area contributed by atoms with E-state index >= 15 is 0 Å². The van der Waals surface area contributed by atoms with Gasteiger partial charge in [-0.1, -0.05) is 18.7 Å². The van der Waals surface area contributed by atoms with Gasteiger partial charge in [0.2, 0.25) is 0 Å². The number of rotatable bonds is 12. The summed E-state index contributed by atoms with van der Waals surface area (Å²) in [4.78, 5) is 11.4. The molecule has 0 atom stereocenters. The summed E-state index contributed by atoms with van der Waals surface area (Å²) in [5.74, 6) is 3.93. The molecule has 2 nitrogen and oxygen atoms in total. The summed E-state index contributed by atoms with van der Waals surface area (Å²) in [6, 6.07) is 0. The van der Waals surface area contributed by atoms with Gasteiger partial charge in [-0.05, 0) is 5.75 Å². The van der Waals surface area contributed by atoms with Crippen LogP contribution in [0.25, 0.3) is 0 Å². The lowest BCUT2D eigenvalue weighted by Crippen LogP contribution is -1.97. The van der Waals surface area contributed by atoms with Gasteiger partial charge in [-0.2, -0.15) is 23.5 Å². The molecule has 0 aliphatic rings. The predicted molar refractivity (Wildman–Crippen MR) is 89.5 cm³/mol. The summed E-state index contributed by atoms with van der Waals surface area (Å²) in [6.45, 7) is 2.17. The second kappa shape index (κ2) is 15.4. The van der Waals surface area contributed by atoms with Gasteiger partial charge in [0.25, 0.3) is 0 Å². The van der Waals surface area contributed by atoms with Crippen molar-refractivity contribution < 1.29 is 9.90 Å². The second-order valence-corrected chi connectivity index (χ2v) is 9.17. The Kier molecular flexibility index (Phi) is 16.7. The van der Waals surface area contributed by atoms with Crippen molar-refractivity contribution in [3.05, 3.63) is 0 Å². The van der Waals surface area contributed by atoms with Crippen molar-refractivity contribution in [2.75, 3.05) is 39.1 Å². The number of hydrogen-bond donors (Lipinski definition) is 1. The lowest BCUT2D eigenvalue weighted by atomic mass is 10.5. The highest BCUT2D eigenvalue weighted by Crippen LogP contribution is 2.19. The molecule has 0 radical (unpaired) electrons. The van der Waals surface area contributed by atoms with E-state index < -0.39 is 0 Å². The Morgan fingerprint density at radius 2 is 1.76 bits per heavy atom. The molecule has 0 rings (SSSR count). The van der Waals surface area contributed by atoms with Gasteiger partial charge in [-0.25, -0.2) is 0 Å². The number of hydrogen-bond acceptors (Lipinski definition) is 7. The van der Waals surface area contributed by atoms with Crippen LogP contribution < -0.4 is 0 Å². The molecule has 0 aliphatic carbocycles. The van der Waals surface area contributed by atoms with E-state index in [0.717, 1.165) is 27.4 Å². The molecular formula is C10H20O2S5. The van der Waals surface area contributed by atoms with E-state index in [-0.39, 0.29) is 11.1 Å². The molecule has 0 heterocycles. The van der Waals surface area contributed by atoms with Gasteiger partial charge < -0.3 is 5.11 Å². The summed E-state index contributed by atoms with van der Waals surface area (Å²) in [5.41, 5.74) is 0. The maximum atomic E-state index is 11.4. The van der Waals surface area contributed by atoms with Crippen molar-refractivity contribution in [2.45, 2.75) is 13.3 Å². The van der Waals surface area contributed by atoms with E-state index in [9.17, 15) is 4.79 Å². The molecule has 102 valence electrons. The monoisotopic (exact) mass is 332 g/mol. The molecule has 0 saturated carbocycles. The highest BCUT2D eigenvalue weighted by atomic mass is 32.2. The lowest BCUT2D eigenvalue weighted by Gasteiger charge is -2.01. The number of thioether (sulfide) groups is 5. The Balaban J connectivity index is 3.11. The van der Waals surface area contributed by atoms with E-state index in [4.69, 9.17) is 5.11 Å². The van der Waals surface area contributed by atoms with Crippen LogP contribution in [0.2, 0.25) is 0 Å². The molecule has 0 aromatic rings. The van der Waals surface area contributed by atoms with E-state index in [1.54, 1.807) is 0 Å². The molecule has 0 amide bonds. The van der Waals surface area contributed by atoms with E-state index in [0.29, 0.717) is 6.42 Å². The Labute approximate surface area is 126 Å². The zero-order valence-electron chi connectivity index (χ0n) is 10.1. The molecule has 0 aromatic carbocycles. The fourth-order valence-corrected chi connectivity index (χ4v) is 5.63. The number of aliphatic hydroxyl groups excluding tert-OH is 1. The van der Waals surface area contributed by atoms with Crippen LogP contribution in [0, 0.1) is 0 Å². The SMILES string of the molecule is CCSCSCSCCC(=O)SCCSCO. The Morgan fingerprint density at radius 3 is 2.47 bits per heavy atom. The third-order valence-electron chi connectivity index (χ3n) is 1.57. The third kappa shape index (κ3) is 15.3. The predicted octanol–water partition coefficient (Wildman–Crippen LogP) is 3.45. The van der Waals surface area contributed by atoms with Gasteiger partial charge in [-0.15, -0.1) is 23.5 Å². The highest BCUT2D eigenvalue weighted by Gasteiger charge is 2.02. The molecular weight excluding hydrogens is 312 g/mol. The molecule has 0 fully saturated rings. The Morgan fingerprint density at radius 1 is 1.00 bits per heavy atom. The maximum absolute atomic E-state index is 11.4. The van der Waals surface area contributed by atoms with E-state index in [2.05, 4.69) is 6.92 Å². The van der Waals surface area contributed by atoms with Crippen molar-refractivity contribution in [3.8, 4) is 0 Å². The number of aliphatic hydroxyl groups is 1. The van der Waals surface area contributed by atoms with Crippen LogP contribution in [-0.4, -0.2) is 49.3 Å². The summed E-state index contributed by atoms with van der Waals surface area (Å²) < 4.78 is 0. The average Bonchev–Trinajstić information content (AvgIpc) is 2.33. The maximum Gasteiger partial charge on any atom is 0.189 e. The average molecular weight is 333 g/mol. The number of carbonyl (C=O) groups excluding carboxylic acids is 1. The lowest BCUT2D eigenvalue weighted by molar-refractivity contribution is -0.110. The number of carbonyl (C=O) groups is 1. The summed E-state index contributed by atoms with van der Waals surface area (Å²) in [6.07, 6.45) is 0.667. The van der Waals surface area contributed by atoms with Gasteiger partial charge in [0.1, 0.15) is 0 Å². The van der Waals surface area contributed by atoms with Crippen LogP contribution >= 0.6 is 58.8 Å². The molecule has 17 heavy (non-hydrogen) atoms. The molecule has 0 spiro atoms. The third-order valence-corrected chi connectivity index (χ3v) is 7.01. The van der Waals surface area contributed by atoms with Crippen LogP contribution in [0.3, 0.4) is 0 Å². The van der Waals surface area contributed by atoms with Crippen molar-refractivity contribution in [1.29, 1.82) is 0 Å². The van der Waals surface area contributed by atoms with Gasteiger partial charge >= 0.3 is 0 Å². The highest BCUT2D eigenvalue weighted by molar-refractivity contribution is 8.22. The first kappa shape index (κ1) is 18.4. The van der Waals surface area contributed by atoms with Gasteiger partial charge in [0.15, 0.2) is 5.12 Å². The van der Waals surface area contributed by atoms with Crippen molar-refractivity contribution in [1.82, 2.24) is 0 Å². The smallest absolute Gasteiger partial charge is 0.189 e. The van der Waals surface area contributed by atoms with Crippen LogP contribution in [0.1, 0.15) is 13.3 Å². The van der Waals surface area contributed by atoms with Gasteiger partial charge in [0, 0.05) is 33.8 Å². The molecule has 7 heteroatoms. The van der Waals surface area contributed by atoms with Crippen molar-refractivity contribution >= 4 is 63.9 Å². The first-order chi connectivity index (χ1) is 8.31. The van der Waals surface area contributed by atoms with E-state index in [1.165, 1.54) is 29.3 Å². The first-order valence-electron chi connectivity index (χ1n) is 5.38. The first-order valence-corrected chi connectivity index (χ1v) is 11.0. The Bertz CT molecular complexity index is 180. The molecule has 0 aliphatic heterocycles. The summed E-state index contributed by atoms with van der Waals surface area (Å²) in [5, 5.41) is 11.1. The van der Waals surface area contributed by atoms with E-state index in [1.807, 2.05) is 35.3 Å². The zero-order chi connectivity index (χ0) is 12.8. The molecule has 0 aromatic heterocycles. The summed E-state index contributed by atoms with van der Waals surface area (Å²) >= 11 is 8.58. The molecule has 0 saturated heterocycles. The van der Waals surface area contributed by atoms with Crippen LogP contribution in [0.5, 0.6) is 0 Å². The van der Waals surface area contributed by atoms with Crippen LogP contribution in [-0.2, 0) is 4.79 Å². The standard InChI is InChI=1S/C10H20O2S5/c1-2-13-8-16-9-15-4-3-10(12)17-6-5-14-7-11/h11H,2-9H2,1H3. The van der Waals surface area contributed by atoms with Crippen LogP contribution in [0.15, 0.2) is 0 Å². The fraction of sp³-hybridized carbons (Fsp3) is 0.900. The van der Waals surface area contributed by atoms with Gasteiger partial charge in [0.05, 0.1) is 5.94 Å². The zero-order valence-corrected chi connectivity index (χ0v) is 14.1. The van der Waals surface area contributed by atoms with Gasteiger partial charge in [-0.3, -0.25) is 4.79 Å². The molecule has 0 unspecified atom stereocenters. The van der Waals surface area contributed by atoms with Crippen LogP contribution in [0.4, 0.5) is 0 Å². The van der Waals surface area contributed by atoms with Crippen molar-refractivity contribution in [2.24, 2.45) is 0 Å². The minimum Gasteiger partial charge on any atom is -0.386 e. The fourth-order valence-electron chi connectivity index (χ4n) is 0.801. The summed E-state index contributed by atoms with van der Waals surface area (Å²) in [7, 11) is 0. The normalized spacial score (nSPS) is 10.7. The molecule has 0 bridgehead atoms. The minimum absolute atomic E-state index is 0.150.